The van der Waals surface area contributed by atoms with E-state index in [1.54, 1.807) is 0 Å². The highest BCUT2D eigenvalue weighted by molar-refractivity contribution is 7.18. The number of pyridine rings is 1. The third-order valence-electron chi connectivity index (χ3n) is 4.26. The van der Waals surface area contributed by atoms with Gasteiger partial charge in [-0.1, -0.05) is 25.5 Å². The summed E-state index contributed by atoms with van der Waals surface area (Å²) >= 11 is 1.84. The van der Waals surface area contributed by atoms with E-state index in [0.29, 0.717) is 5.92 Å². The second-order valence-electron chi connectivity index (χ2n) is 6.65. The lowest BCUT2D eigenvalue weighted by molar-refractivity contribution is 0.651. The fourth-order valence-corrected chi connectivity index (χ4v) is 4.17. The Morgan fingerprint density at radius 3 is 2.64 bits per heavy atom. The number of nitrogens with zero attached hydrogens (tertiary/aromatic N) is 1. The maximum absolute atomic E-state index is 4.72. The zero-order valence-corrected chi connectivity index (χ0v) is 14.8. The van der Waals surface area contributed by atoms with Crippen molar-refractivity contribution < 1.29 is 0 Å². The lowest BCUT2D eigenvalue weighted by atomic mass is 9.96. The molecule has 22 heavy (non-hydrogen) atoms. The fourth-order valence-electron chi connectivity index (χ4n) is 3.09. The van der Waals surface area contributed by atoms with E-state index in [4.69, 9.17) is 4.98 Å². The van der Waals surface area contributed by atoms with Gasteiger partial charge in [0, 0.05) is 11.8 Å². The summed E-state index contributed by atoms with van der Waals surface area (Å²) in [5.74, 6) is 0.678. The van der Waals surface area contributed by atoms with Crippen LogP contribution in [-0.4, -0.2) is 4.98 Å². The van der Waals surface area contributed by atoms with Crippen LogP contribution in [0.15, 0.2) is 29.8 Å². The van der Waals surface area contributed by atoms with E-state index < -0.39 is 0 Å². The minimum Gasteiger partial charge on any atom is -0.255 e. The third-order valence-corrected chi connectivity index (χ3v) is 5.32. The largest absolute Gasteiger partial charge is 0.255 e. The van der Waals surface area contributed by atoms with Crippen molar-refractivity contribution in [3.05, 3.63) is 52.0 Å². The lowest BCUT2D eigenvalue weighted by Crippen LogP contribution is -1.94. The number of aryl methyl sites for hydroxylation is 2. The summed E-state index contributed by atoms with van der Waals surface area (Å²) < 4.78 is 1.33. The molecule has 2 aromatic heterocycles. The first-order chi connectivity index (χ1) is 10.5. The molecular formula is C20H23NS. The Bertz CT molecular complexity index is 827. The summed E-state index contributed by atoms with van der Waals surface area (Å²) in [7, 11) is 0. The molecule has 0 amide bonds. The molecule has 1 nitrogen and oxygen atoms in total. The number of thiophene rings is 1. The molecule has 1 aromatic carbocycles. The van der Waals surface area contributed by atoms with Gasteiger partial charge in [0.2, 0.25) is 0 Å². The highest BCUT2D eigenvalue weighted by atomic mass is 32.1. The molecule has 0 aliphatic rings. The SMILES string of the molecule is Cc1cc(C)c(C)c(-c2nccc3c(CC(C)C)csc23)c1. The van der Waals surface area contributed by atoms with E-state index in [0.717, 1.165) is 12.1 Å². The summed E-state index contributed by atoms with van der Waals surface area (Å²) in [5, 5.41) is 3.69. The Labute approximate surface area is 137 Å². The molecule has 0 atom stereocenters. The molecule has 0 saturated heterocycles. The normalized spacial score (nSPS) is 11.5. The van der Waals surface area contributed by atoms with Crippen LogP contribution in [0.4, 0.5) is 0 Å². The summed E-state index contributed by atoms with van der Waals surface area (Å²) in [6.45, 7) is 11.1. The van der Waals surface area contributed by atoms with Gasteiger partial charge >= 0.3 is 0 Å². The smallest absolute Gasteiger partial charge is 0.0882 e. The summed E-state index contributed by atoms with van der Waals surface area (Å²) in [5.41, 5.74) is 7.86. The van der Waals surface area contributed by atoms with E-state index in [9.17, 15) is 0 Å². The second kappa shape index (κ2) is 5.85. The standard InChI is InChI=1S/C20H23NS/c1-12(2)8-16-11-22-20-17(16)6-7-21-19(20)18-10-13(3)9-14(4)15(18)5/h6-7,9-12H,8H2,1-5H3. The van der Waals surface area contributed by atoms with Crippen molar-refractivity contribution in [3.8, 4) is 11.3 Å². The Morgan fingerprint density at radius 2 is 1.91 bits per heavy atom. The van der Waals surface area contributed by atoms with Crippen LogP contribution in [0.5, 0.6) is 0 Å². The van der Waals surface area contributed by atoms with Gasteiger partial charge in [-0.3, -0.25) is 4.98 Å². The highest BCUT2D eigenvalue weighted by Gasteiger charge is 2.14. The van der Waals surface area contributed by atoms with Crippen LogP contribution in [0, 0.1) is 26.7 Å². The average molecular weight is 309 g/mol. The van der Waals surface area contributed by atoms with E-state index in [-0.39, 0.29) is 0 Å². The molecule has 3 rings (SSSR count). The predicted octanol–water partition coefficient (Wildman–Crippen LogP) is 6.09. The van der Waals surface area contributed by atoms with Crippen molar-refractivity contribution in [2.75, 3.05) is 0 Å². The number of rotatable bonds is 3. The van der Waals surface area contributed by atoms with Gasteiger partial charge in [0.15, 0.2) is 0 Å². The molecule has 0 unspecified atom stereocenters. The number of hydrogen-bond acceptors (Lipinski definition) is 2. The maximum atomic E-state index is 4.72. The summed E-state index contributed by atoms with van der Waals surface area (Å²) in [6.07, 6.45) is 3.10. The zero-order chi connectivity index (χ0) is 15.9. The van der Waals surface area contributed by atoms with Gasteiger partial charge in [-0.25, -0.2) is 0 Å². The van der Waals surface area contributed by atoms with Crippen molar-refractivity contribution in [2.45, 2.75) is 41.0 Å². The van der Waals surface area contributed by atoms with Crippen molar-refractivity contribution >= 4 is 21.4 Å². The van der Waals surface area contributed by atoms with Crippen LogP contribution in [0.25, 0.3) is 21.3 Å². The minimum absolute atomic E-state index is 0.678. The first kappa shape index (κ1) is 15.2. The number of benzene rings is 1. The van der Waals surface area contributed by atoms with Crippen LogP contribution in [0.3, 0.4) is 0 Å². The van der Waals surface area contributed by atoms with Crippen molar-refractivity contribution in [1.82, 2.24) is 4.98 Å². The molecule has 2 heterocycles. The molecule has 0 aliphatic carbocycles. The topological polar surface area (TPSA) is 12.9 Å². The van der Waals surface area contributed by atoms with Crippen molar-refractivity contribution in [1.29, 1.82) is 0 Å². The van der Waals surface area contributed by atoms with Crippen LogP contribution in [-0.2, 0) is 6.42 Å². The van der Waals surface area contributed by atoms with Gasteiger partial charge in [-0.15, -0.1) is 11.3 Å². The second-order valence-corrected chi connectivity index (χ2v) is 7.53. The van der Waals surface area contributed by atoms with E-state index >= 15 is 0 Å². The van der Waals surface area contributed by atoms with Gasteiger partial charge in [0.1, 0.15) is 0 Å². The molecule has 0 fully saturated rings. The van der Waals surface area contributed by atoms with Crippen LogP contribution >= 0.6 is 11.3 Å². The van der Waals surface area contributed by atoms with E-state index in [1.807, 2.05) is 17.5 Å². The maximum Gasteiger partial charge on any atom is 0.0882 e. The molecule has 0 saturated carbocycles. The predicted molar refractivity (Wildman–Crippen MR) is 97.8 cm³/mol. The van der Waals surface area contributed by atoms with Gasteiger partial charge in [-0.2, -0.15) is 0 Å². The number of fused-ring (bicyclic) bond motifs is 1. The van der Waals surface area contributed by atoms with Gasteiger partial charge in [0.25, 0.3) is 0 Å². The van der Waals surface area contributed by atoms with Gasteiger partial charge in [-0.05, 0) is 72.7 Å². The Balaban J connectivity index is 2.22. The van der Waals surface area contributed by atoms with E-state index in [1.165, 1.54) is 37.9 Å². The molecular weight excluding hydrogens is 286 g/mol. The highest BCUT2D eigenvalue weighted by Crippen LogP contribution is 2.36. The fraction of sp³-hybridized carbons (Fsp3) is 0.350. The summed E-state index contributed by atoms with van der Waals surface area (Å²) in [4.78, 5) is 4.72. The zero-order valence-electron chi connectivity index (χ0n) is 14.0. The molecule has 114 valence electrons. The summed E-state index contributed by atoms with van der Waals surface area (Å²) in [6, 6.07) is 6.69. The molecule has 0 radical (unpaired) electrons. The molecule has 3 aromatic rings. The Hall–Kier alpha value is -1.67. The Morgan fingerprint density at radius 1 is 1.14 bits per heavy atom. The average Bonchev–Trinajstić information content (AvgIpc) is 2.85. The lowest BCUT2D eigenvalue weighted by Gasteiger charge is -2.11. The third kappa shape index (κ3) is 2.68. The molecule has 2 heteroatoms. The van der Waals surface area contributed by atoms with Crippen molar-refractivity contribution in [2.24, 2.45) is 5.92 Å². The van der Waals surface area contributed by atoms with Crippen molar-refractivity contribution in [3.63, 3.8) is 0 Å². The molecule has 0 aliphatic heterocycles. The first-order valence-electron chi connectivity index (χ1n) is 7.90. The Kier molecular flexibility index (Phi) is 4.05. The monoisotopic (exact) mass is 309 g/mol. The van der Waals surface area contributed by atoms with E-state index in [2.05, 4.69) is 58.2 Å². The van der Waals surface area contributed by atoms with Gasteiger partial charge in [0.05, 0.1) is 10.4 Å². The van der Waals surface area contributed by atoms with Crippen LogP contribution in [0.2, 0.25) is 0 Å². The van der Waals surface area contributed by atoms with Crippen LogP contribution in [0.1, 0.15) is 36.1 Å². The number of hydrogen-bond donors (Lipinski definition) is 0. The molecule has 0 bridgehead atoms. The van der Waals surface area contributed by atoms with Gasteiger partial charge < -0.3 is 0 Å². The quantitative estimate of drug-likeness (QED) is 0.570. The molecule has 0 spiro atoms. The number of aromatic nitrogens is 1. The molecule has 0 N–H and O–H groups in total. The minimum atomic E-state index is 0.678. The first-order valence-corrected chi connectivity index (χ1v) is 8.78. The van der Waals surface area contributed by atoms with Crippen LogP contribution < -0.4 is 0 Å².